The molecule has 2 aromatic rings. The molecule has 0 radical (unpaired) electrons. The Morgan fingerprint density at radius 2 is 2.33 bits per heavy atom. The Hall–Kier alpha value is -1.76. The van der Waals surface area contributed by atoms with Crippen LogP contribution in [-0.2, 0) is 0 Å². The average molecular weight is 269 g/mol. The van der Waals surface area contributed by atoms with Crippen molar-refractivity contribution in [2.75, 3.05) is 0 Å². The summed E-state index contributed by atoms with van der Waals surface area (Å²) in [5, 5.41) is 12.7. The van der Waals surface area contributed by atoms with Crippen molar-refractivity contribution < 1.29 is 9.90 Å². The molecule has 0 bridgehead atoms. The van der Waals surface area contributed by atoms with E-state index >= 15 is 0 Å². The molecule has 15 heavy (non-hydrogen) atoms. The highest BCUT2D eigenvalue weighted by atomic mass is 79.9. The van der Waals surface area contributed by atoms with Gasteiger partial charge in [-0.25, -0.2) is 19.4 Å². The highest BCUT2D eigenvalue weighted by molar-refractivity contribution is 9.10. The quantitative estimate of drug-likeness (QED) is 0.883. The second kappa shape index (κ2) is 3.77. The molecule has 0 saturated heterocycles. The molecule has 1 N–H and O–H groups in total. The summed E-state index contributed by atoms with van der Waals surface area (Å²) in [6.07, 6.45) is 4.64. The van der Waals surface area contributed by atoms with E-state index in [-0.39, 0.29) is 5.82 Å². The fraction of sp³-hybridized carbons (Fsp3) is 0. The van der Waals surface area contributed by atoms with Gasteiger partial charge in [0, 0.05) is 18.5 Å². The van der Waals surface area contributed by atoms with Crippen LogP contribution in [-0.4, -0.2) is 30.8 Å². The van der Waals surface area contributed by atoms with E-state index in [0.717, 1.165) is 4.47 Å². The van der Waals surface area contributed by atoms with E-state index < -0.39 is 5.97 Å². The lowest BCUT2D eigenvalue weighted by molar-refractivity contribution is 0.0683. The molecule has 2 heterocycles. The van der Waals surface area contributed by atoms with Gasteiger partial charge in [-0.15, -0.1) is 0 Å². The maximum atomic E-state index is 10.6. The van der Waals surface area contributed by atoms with E-state index in [1.165, 1.54) is 10.9 Å². The topological polar surface area (TPSA) is 80.9 Å². The van der Waals surface area contributed by atoms with Crippen LogP contribution in [0.15, 0.2) is 29.1 Å². The number of halogens is 1. The number of carbonyl (C=O) groups is 1. The number of nitrogens with zero attached hydrogens (tertiary/aromatic N) is 4. The smallest absolute Gasteiger partial charge is 0.374 e. The summed E-state index contributed by atoms with van der Waals surface area (Å²) < 4.78 is 2.25. The molecule has 76 valence electrons. The molecule has 6 nitrogen and oxygen atoms in total. The molecule has 0 saturated carbocycles. The Kier molecular flexibility index (Phi) is 2.46. The van der Waals surface area contributed by atoms with Crippen LogP contribution in [0.3, 0.4) is 0 Å². The Labute approximate surface area is 92.7 Å². The summed E-state index contributed by atoms with van der Waals surface area (Å²) in [5.41, 5.74) is 0. The third-order valence-corrected chi connectivity index (χ3v) is 2.03. The van der Waals surface area contributed by atoms with Gasteiger partial charge in [-0.3, -0.25) is 0 Å². The van der Waals surface area contributed by atoms with Gasteiger partial charge in [0.2, 0.25) is 5.82 Å². The zero-order valence-electron chi connectivity index (χ0n) is 7.33. The van der Waals surface area contributed by atoms with Crippen LogP contribution in [0.1, 0.15) is 10.6 Å². The molecular weight excluding hydrogens is 264 g/mol. The number of hydrogen-bond acceptors (Lipinski definition) is 4. The molecule has 0 amide bonds. The van der Waals surface area contributed by atoms with Gasteiger partial charge in [0.15, 0.2) is 5.82 Å². The second-order valence-electron chi connectivity index (χ2n) is 2.65. The summed E-state index contributed by atoms with van der Waals surface area (Å²) in [5.74, 6) is -1.00. The van der Waals surface area contributed by atoms with E-state index in [1.807, 2.05) is 0 Å². The first-order valence-corrected chi connectivity index (χ1v) is 4.73. The maximum Gasteiger partial charge on any atom is 0.374 e. The van der Waals surface area contributed by atoms with Crippen LogP contribution >= 0.6 is 15.9 Å². The van der Waals surface area contributed by atoms with Gasteiger partial charge in [-0.1, -0.05) is 0 Å². The van der Waals surface area contributed by atoms with Gasteiger partial charge < -0.3 is 5.11 Å². The minimum absolute atomic E-state index is 0.251. The summed E-state index contributed by atoms with van der Waals surface area (Å²) in [7, 11) is 0. The average Bonchev–Trinajstić information content (AvgIpc) is 2.65. The van der Waals surface area contributed by atoms with Gasteiger partial charge in [-0.2, -0.15) is 5.10 Å². The fourth-order valence-electron chi connectivity index (χ4n) is 1.01. The van der Waals surface area contributed by atoms with Crippen molar-refractivity contribution >= 4 is 21.9 Å². The number of aromatic nitrogens is 4. The second-order valence-corrected chi connectivity index (χ2v) is 3.56. The van der Waals surface area contributed by atoms with Gasteiger partial charge in [0.25, 0.3) is 0 Å². The predicted molar refractivity (Wildman–Crippen MR) is 53.8 cm³/mol. The highest BCUT2D eigenvalue weighted by Gasteiger charge is 2.08. The summed E-state index contributed by atoms with van der Waals surface area (Å²) in [6.45, 7) is 0. The number of rotatable bonds is 2. The van der Waals surface area contributed by atoms with Crippen molar-refractivity contribution in [3.8, 4) is 5.82 Å². The van der Waals surface area contributed by atoms with Crippen LogP contribution in [0.2, 0.25) is 0 Å². The maximum absolute atomic E-state index is 10.6. The van der Waals surface area contributed by atoms with Crippen molar-refractivity contribution in [3.63, 3.8) is 0 Å². The molecule has 0 fully saturated rings. The molecule has 0 atom stereocenters. The number of carboxylic acids is 1. The molecule has 2 rings (SSSR count). The fourth-order valence-corrected chi connectivity index (χ4v) is 1.29. The molecule has 0 aliphatic rings. The summed E-state index contributed by atoms with van der Waals surface area (Å²) in [6, 6.07) is 1.58. The number of carboxylic acid groups (broad SMARTS) is 1. The normalized spacial score (nSPS) is 10.2. The van der Waals surface area contributed by atoms with Gasteiger partial charge in [-0.05, 0) is 15.9 Å². The Morgan fingerprint density at radius 3 is 2.93 bits per heavy atom. The number of hydrogen-bond donors (Lipinski definition) is 1. The summed E-state index contributed by atoms with van der Waals surface area (Å²) >= 11 is 3.23. The summed E-state index contributed by atoms with van der Waals surface area (Å²) in [4.78, 5) is 18.1. The Balaban J connectivity index is 2.45. The van der Waals surface area contributed by atoms with Crippen molar-refractivity contribution in [1.29, 1.82) is 0 Å². The lowest BCUT2D eigenvalue weighted by Gasteiger charge is -1.99. The van der Waals surface area contributed by atoms with E-state index in [0.29, 0.717) is 5.82 Å². The molecule has 2 aromatic heterocycles. The van der Waals surface area contributed by atoms with Gasteiger partial charge in [0.05, 0.1) is 10.7 Å². The molecule has 0 spiro atoms. The first-order chi connectivity index (χ1) is 7.16. The van der Waals surface area contributed by atoms with Crippen LogP contribution < -0.4 is 0 Å². The van der Waals surface area contributed by atoms with Crippen molar-refractivity contribution in [1.82, 2.24) is 19.7 Å². The Bertz CT molecular complexity index is 511. The minimum Gasteiger partial charge on any atom is -0.475 e. The van der Waals surface area contributed by atoms with Gasteiger partial charge in [0.1, 0.15) is 0 Å². The lowest BCUT2D eigenvalue weighted by Crippen LogP contribution is -2.07. The zero-order chi connectivity index (χ0) is 10.8. The van der Waals surface area contributed by atoms with E-state index in [9.17, 15) is 4.79 Å². The lowest BCUT2D eigenvalue weighted by atomic mass is 10.5. The monoisotopic (exact) mass is 268 g/mol. The molecule has 0 aliphatic heterocycles. The minimum atomic E-state index is -1.16. The Morgan fingerprint density at radius 1 is 1.53 bits per heavy atom. The van der Waals surface area contributed by atoms with E-state index in [1.54, 1.807) is 18.5 Å². The van der Waals surface area contributed by atoms with Crippen LogP contribution in [0, 0.1) is 0 Å². The highest BCUT2D eigenvalue weighted by Crippen LogP contribution is 2.10. The van der Waals surface area contributed by atoms with Crippen molar-refractivity contribution in [3.05, 3.63) is 35.0 Å². The third-order valence-electron chi connectivity index (χ3n) is 1.62. The van der Waals surface area contributed by atoms with Crippen molar-refractivity contribution in [2.45, 2.75) is 0 Å². The van der Waals surface area contributed by atoms with E-state index in [4.69, 9.17) is 5.11 Å². The largest absolute Gasteiger partial charge is 0.475 e. The molecule has 0 aliphatic carbocycles. The standard InChI is InChI=1S/C8H5BrN4O2/c9-5-3-11-13(4-5)6-1-2-10-7(12-6)8(14)15/h1-4H,(H,14,15). The molecule has 7 heteroatoms. The van der Waals surface area contributed by atoms with Crippen molar-refractivity contribution in [2.24, 2.45) is 0 Å². The van der Waals surface area contributed by atoms with Crippen LogP contribution in [0.5, 0.6) is 0 Å². The van der Waals surface area contributed by atoms with Crippen LogP contribution in [0.25, 0.3) is 5.82 Å². The van der Waals surface area contributed by atoms with E-state index in [2.05, 4.69) is 31.0 Å². The zero-order valence-corrected chi connectivity index (χ0v) is 8.92. The van der Waals surface area contributed by atoms with Crippen LogP contribution in [0.4, 0.5) is 0 Å². The van der Waals surface area contributed by atoms with Gasteiger partial charge >= 0.3 is 5.97 Å². The first-order valence-electron chi connectivity index (χ1n) is 3.94. The number of aromatic carboxylic acids is 1. The SMILES string of the molecule is O=C(O)c1nccc(-n2cc(Br)cn2)n1. The predicted octanol–water partition coefficient (Wildman–Crippen LogP) is 1.12. The third kappa shape index (κ3) is 2.01. The molecule has 0 aromatic carbocycles. The molecule has 0 unspecified atom stereocenters. The molecular formula is C8H5BrN4O2. The first kappa shape index (κ1) is 9.78.